The monoisotopic (exact) mass is 326 g/mol. The Hall–Kier alpha value is -1.53. The molecule has 0 atom stereocenters. The molecule has 18 heavy (non-hydrogen) atoms. The lowest BCUT2D eigenvalue weighted by molar-refractivity contribution is 0.601. The first-order valence-electron chi connectivity index (χ1n) is 5.12. The Balaban J connectivity index is 2.34. The maximum atomic E-state index is 12.1. The van der Waals surface area contributed by atoms with Crippen LogP contribution in [0.5, 0.6) is 0 Å². The van der Waals surface area contributed by atoms with Crippen molar-refractivity contribution in [2.45, 2.75) is 4.90 Å². The fourth-order valence-electron chi connectivity index (χ4n) is 1.43. The van der Waals surface area contributed by atoms with Crippen molar-refractivity contribution in [1.82, 2.24) is 0 Å². The minimum atomic E-state index is -3.59. The van der Waals surface area contributed by atoms with Crippen LogP contribution in [0.15, 0.2) is 57.9 Å². The molecule has 2 rings (SSSR count). The van der Waals surface area contributed by atoms with Crippen molar-refractivity contribution in [1.29, 1.82) is 0 Å². The molecule has 2 aromatic rings. The van der Waals surface area contributed by atoms with Gasteiger partial charge in [-0.05, 0) is 30.3 Å². The maximum Gasteiger partial charge on any atom is 0.261 e. The molecule has 0 aromatic heterocycles. The molecular weight excluding hydrogens is 316 g/mol. The molecule has 0 spiro atoms. The summed E-state index contributed by atoms with van der Waals surface area (Å²) in [6, 6.07) is 13.1. The average Bonchev–Trinajstić information content (AvgIpc) is 2.34. The largest absolute Gasteiger partial charge is 0.397 e. The number of anilines is 2. The van der Waals surface area contributed by atoms with Crippen molar-refractivity contribution in [3.8, 4) is 0 Å². The molecule has 4 nitrogen and oxygen atoms in total. The fourth-order valence-corrected chi connectivity index (χ4v) is 2.92. The molecule has 0 amide bonds. The lowest BCUT2D eigenvalue weighted by atomic mass is 10.3. The van der Waals surface area contributed by atoms with E-state index in [9.17, 15) is 8.42 Å². The standard InChI is InChI=1S/C12H11BrN2O2S/c13-9-6-7-12(11(14)8-9)15-18(16,17)10-4-2-1-3-5-10/h1-8,15H,14H2. The molecule has 94 valence electrons. The SMILES string of the molecule is Nc1cc(Br)ccc1NS(=O)(=O)c1ccccc1. The maximum absolute atomic E-state index is 12.1. The zero-order chi connectivity index (χ0) is 13.2. The normalized spacial score (nSPS) is 11.2. The van der Waals surface area contributed by atoms with E-state index in [0.717, 1.165) is 4.47 Å². The van der Waals surface area contributed by atoms with Crippen LogP contribution in [-0.2, 0) is 10.0 Å². The van der Waals surface area contributed by atoms with Gasteiger partial charge in [0.25, 0.3) is 10.0 Å². The second-order valence-electron chi connectivity index (χ2n) is 3.65. The molecule has 2 aromatic carbocycles. The number of nitrogens with one attached hydrogen (secondary N) is 1. The third-order valence-electron chi connectivity index (χ3n) is 2.31. The number of sulfonamides is 1. The van der Waals surface area contributed by atoms with Gasteiger partial charge in [0.1, 0.15) is 0 Å². The van der Waals surface area contributed by atoms with E-state index in [1.165, 1.54) is 12.1 Å². The summed E-state index contributed by atoms with van der Waals surface area (Å²) >= 11 is 3.26. The molecule has 0 fully saturated rings. The quantitative estimate of drug-likeness (QED) is 0.852. The molecule has 0 saturated carbocycles. The summed E-state index contributed by atoms with van der Waals surface area (Å²) in [6.07, 6.45) is 0. The zero-order valence-corrected chi connectivity index (χ0v) is 11.7. The molecule has 0 radical (unpaired) electrons. The van der Waals surface area contributed by atoms with Crippen LogP contribution in [0.4, 0.5) is 11.4 Å². The number of nitrogen functional groups attached to an aromatic ring is 1. The Labute approximate surface area is 114 Å². The second kappa shape index (κ2) is 4.99. The highest BCUT2D eigenvalue weighted by Gasteiger charge is 2.14. The topological polar surface area (TPSA) is 72.2 Å². The molecule has 0 aliphatic rings. The predicted molar refractivity (Wildman–Crippen MR) is 75.8 cm³/mol. The Morgan fingerprint density at radius 2 is 1.72 bits per heavy atom. The van der Waals surface area contributed by atoms with Crippen molar-refractivity contribution in [3.63, 3.8) is 0 Å². The van der Waals surface area contributed by atoms with E-state index in [0.29, 0.717) is 11.4 Å². The zero-order valence-electron chi connectivity index (χ0n) is 9.30. The van der Waals surface area contributed by atoms with E-state index in [1.54, 1.807) is 36.4 Å². The molecule has 0 bridgehead atoms. The van der Waals surface area contributed by atoms with Gasteiger partial charge in [0.15, 0.2) is 0 Å². The molecular formula is C12H11BrN2O2S. The van der Waals surface area contributed by atoms with E-state index in [1.807, 2.05) is 0 Å². The van der Waals surface area contributed by atoms with E-state index in [4.69, 9.17) is 5.73 Å². The Bertz CT molecular complexity index is 657. The van der Waals surface area contributed by atoms with Gasteiger partial charge in [-0.3, -0.25) is 4.72 Å². The first-order chi connectivity index (χ1) is 8.49. The van der Waals surface area contributed by atoms with Crippen LogP contribution in [-0.4, -0.2) is 8.42 Å². The van der Waals surface area contributed by atoms with Gasteiger partial charge in [0.2, 0.25) is 0 Å². The highest BCUT2D eigenvalue weighted by atomic mass is 79.9. The summed E-state index contributed by atoms with van der Waals surface area (Å²) < 4.78 is 27.4. The number of rotatable bonds is 3. The molecule has 3 N–H and O–H groups in total. The van der Waals surface area contributed by atoms with Crippen molar-refractivity contribution in [2.75, 3.05) is 10.5 Å². The van der Waals surface area contributed by atoms with Gasteiger partial charge in [-0.15, -0.1) is 0 Å². The van der Waals surface area contributed by atoms with Gasteiger partial charge in [0.05, 0.1) is 16.3 Å². The van der Waals surface area contributed by atoms with Gasteiger partial charge < -0.3 is 5.73 Å². The van der Waals surface area contributed by atoms with E-state index < -0.39 is 10.0 Å². The molecule has 0 aliphatic heterocycles. The third-order valence-corrected chi connectivity index (χ3v) is 4.19. The van der Waals surface area contributed by atoms with Crippen molar-refractivity contribution < 1.29 is 8.42 Å². The Morgan fingerprint density at radius 3 is 2.33 bits per heavy atom. The number of benzene rings is 2. The summed E-state index contributed by atoms with van der Waals surface area (Å²) in [5, 5.41) is 0. The molecule has 0 saturated heterocycles. The number of hydrogen-bond acceptors (Lipinski definition) is 3. The number of nitrogens with two attached hydrogens (primary N) is 1. The van der Waals surface area contributed by atoms with Gasteiger partial charge in [0, 0.05) is 4.47 Å². The van der Waals surface area contributed by atoms with Crippen molar-refractivity contribution in [3.05, 3.63) is 53.0 Å². The summed E-state index contributed by atoms with van der Waals surface area (Å²) in [5.74, 6) is 0. The van der Waals surface area contributed by atoms with Crippen LogP contribution >= 0.6 is 15.9 Å². The lowest BCUT2D eigenvalue weighted by Gasteiger charge is -2.10. The first kappa shape index (κ1) is 12.9. The highest BCUT2D eigenvalue weighted by molar-refractivity contribution is 9.10. The van der Waals surface area contributed by atoms with Gasteiger partial charge in [-0.25, -0.2) is 8.42 Å². The lowest BCUT2D eigenvalue weighted by Crippen LogP contribution is -2.13. The summed E-state index contributed by atoms with van der Waals surface area (Å²) in [5.41, 5.74) is 6.48. The Morgan fingerprint density at radius 1 is 1.06 bits per heavy atom. The summed E-state index contributed by atoms with van der Waals surface area (Å²) in [7, 11) is -3.59. The van der Waals surface area contributed by atoms with Crippen LogP contribution in [0.1, 0.15) is 0 Å². The number of halogens is 1. The van der Waals surface area contributed by atoms with Crippen molar-refractivity contribution >= 4 is 37.3 Å². The van der Waals surface area contributed by atoms with Crippen molar-refractivity contribution in [2.24, 2.45) is 0 Å². The summed E-state index contributed by atoms with van der Waals surface area (Å²) in [4.78, 5) is 0.201. The Kier molecular flexibility index (Phi) is 3.58. The molecule has 6 heteroatoms. The third kappa shape index (κ3) is 2.83. The number of hydrogen-bond donors (Lipinski definition) is 2. The average molecular weight is 327 g/mol. The highest BCUT2D eigenvalue weighted by Crippen LogP contribution is 2.25. The van der Waals surface area contributed by atoms with Crippen LogP contribution in [0, 0.1) is 0 Å². The van der Waals surface area contributed by atoms with Gasteiger partial charge >= 0.3 is 0 Å². The minimum absolute atomic E-state index is 0.201. The smallest absolute Gasteiger partial charge is 0.261 e. The van der Waals surface area contributed by atoms with E-state index >= 15 is 0 Å². The predicted octanol–water partition coefficient (Wildman–Crippen LogP) is 2.83. The second-order valence-corrected chi connectivity index (χ2v) is 6.25. The van der Waals surface area contributed by atoms with Gasteiger partial charge in [-0.1, -0.05) is 34.1 Å². The molecule has 0 aliphatic carbocycles. The van der Waals surface area contributed by atoms with E-state index in [-0.39, 0.29) is 4.90 Å². The minimum Gasteiger partial charge on any atom is -0.397 e. The van der Waals surface area contributed by atoms with Gasteiger partial charge in [-0.2, -0.15) is 0 Å². The van der Waals surface area contributed by atoms with Crippen LogP contribution < -0.4 is 10.5 Å². The van der Waals surface area contributed by atoms with Crippen LogP contribution in [0.25, 0.3) is 0 Å². The molecule has 0 heterocycles. The molecule has 0 unspecified atom stereocenters. The fraction of sp³-hybridized carbons (Fsp3) is 0. The van der Waals surface area contributed by atoms with Crippen LogP contribution in [0.2, 0.25) is 0 Å². The van der Waals surface area contributed by atoms with E-state index in [2.05, 4.69) is 20.7 Å². The summed E-state index contributed by atoms with van der Waals surface area (Å²) in [6.45, 7) is 0. The first-order valence-corrected chi connectivity index (χ1v) is 7.39. The van der Waals surface area contributed by atoms with Crippen LogP contribution in [0.3, 0.4) is 0 Å².